The van der Waals surface area contributed by atoms with Crippen molar-refractivity contribution in [1.82, 2.24) is 5.32 Å². The quantitative estimate of drug-likeness (QED) is 0.593. The highest BCUT2D eigenvalue weighted by molar-refractivity contribution is 6.00. The van der Waals surface area contributed by atoms with E-state index in [1.807, 2.05) is 0 Å². The molecule has 1 rings (SSSR count). The van der Waals surface area contributed by atoms with Crippen molar-refractivity contribution < 1.29 is 14.7 Å². The zero-order chi connectivity index (χ0) is 12.2. The van der Waals surface area contributed by atoms with E-state index >= 15 is 0 Å². The lowest BCUT2D eigenvalue weighted by Crippen LogP contribution is -2.32. The molecule has 16 heavy (non-hydrogen) atoms. The summed E-state index contributed by atoms with van der Waals surface area (Å²) in [5, 5.41) is 11.5. The number of aliphatic hydroxyl groups excluding tert-OH is 1. The summed E-state index contributed by atoms with van der Waals surface area (Å²) in [6, 6.07) is 0. The molecule has 0 aromatic carbocycles. The highest BCUT2D eigenvalue weighted by Gasteiger charge is 2.36. The Kier molecular flexibility index (Phi) is 4.06. The van der Waals surface area contributed by atoms with Gasteiger partial charge in [0.15, 0.2) is 0 Å². The van der Waals surface area contributed by atoms with Gasteiger partial charge < -0.3 is 10.8 Å². The van der Waals surface area contributed by atoms with Crippen molar-refractivity contribution in [3.05, 3.63) is 11.8 Å². The van der Waals surface area contributed by atoms with E-state index in [2.05, 4.69) is 5.32 Å². The standard InChI is InChI=1S/C11H18N2O3/c1-8(15)13-10(16)6-9(12)11(7-14)4-2-3-5-11/h6,14H,2-5,7,12H2,1H3,(H,13,15,16). The van der Waals surface area contributed by atoms with E-state index in [0.717, 1.165) is 25.7 Å². The second-order valence-electron chi connectivity index (χ2n) is 4.29. The number of nitrogens with two attached hydrogens (primary N) is 1. The second kappa shape index (κ2) is 5.12. The van der Waals surface area contributed by atoms with Crippen molar-refractivity contribution in [3.8, 4) is 0 Å². The van der Waals surface area contributed by atoms with Crippen molar-refractivity contribution >= 4 is 11.8 Å². The molecule has 0 heterocycles. The van der Waals surface area contributed by atoms with Gasteiger partial charge in [0, 0.05) is 24.1 Å². The van der Waals surface area contributed by atoms with Crippen LogP contribution in [-0.4, -0.2) is 23.5 Å². The largest absolute Gasteiger partial charge is 0.401 e. The SMILES string of the molecule is CC(=O)NC(=O)C=C(N)C1(CO)CCCC1. The van der Waals surface area contributed by atoms with Gasteiger partial charge >= 0.3 is 0 Å². The number of carbonyl (C=O) groups excluding carboxylic acids is 2. The number of amides is 2. The van der Waals surface area contributed by atoms with Gasteiger partial charge in [0.1, 0.15) is 0 Å². The van der Waals surface area contributed by atoms with Crippen molar-refractivity contribution in [2.24, 2.45) is 11.1 Å². The molecular formula is C11H18N2O3. The summed E-state index contributed by atoms with van der Waals surface area (Å²) in [5.41, 5.74) is 5.73. The minimum Gasteiger partial charge on any atom is -0.401 e. The third kappa shape index (κ3) is 2.82. The molecule has 0 unspecified atom stereocenters. The molecule has 0 atom stereocenters. The fourth-order valence-electron chi connectivity index (χ4n) is 2.09. The highest BCUT2D eigenvalue weighted by Crippen LogP contribution is 2.41. The summed E-state index contributed by atoms with van der Waals surface area (Å²) in [6.45, 7) is 1.21. The predicted molar refractivity (Wildman–Crippen MR) is 59.1 cm³/mol. The first-order chi connectivity index (χ1) is 7.50. The van der Waals surface area contributed by atoms with E-state index in [0.29, 0.717) is 5.70 Å². The predicted octanol–water partition coefficient (Wildman–Crippen LogP) is 0.0444. The van der Waals surface area contributed by atoms with Crippen molar-refractivity contribution in [3.63, 3.8) is 0 Å². The van der Waals surface area contributed by atoms with Gasteiger partial charge in [0.25, 0.3) is 5.91 Å². The molecule has 1 aliphatic carbocycles. The monoisotopic (exact) mass is 226 g/mol. The fourth-order valence-corrected chi connectivity index (χ4v) is 2.09. The van der Waals surface area contributed by atoms with Crippen LogP contribution in [-0.2, 0) is 9.59 Å². The number of hydrogen-bond acceptors (Lipinski definition) is 4. The molecule has 0 aromatic heterocycles. The van der Waals surface area contributed by atoms with Crippen LogP contribution in [0.15, 0.2) is 11.8 Å². The van der Waals surface area contributed by atoms with Gasteiger partial charge in [-0.25, -0.2) is 0 Å². The molecule has 2 amide bonds. The molecule has 1 saturated carbocycles. The normalized spacial score (nSPS) is 19.5. The summed E-state index contributed by atoms with van der Waals surface area (Å²) in [6.07, 6.45) is 4.80. The molecule has 90 valence electrons. The van der Waals surface area contributed by atoms with E-state index in [1.165, 1.54) is 13.0 Å². The van der Waals surface area contributed by atoms with Crippen molar-refractivity contribution in [2.45, 2.75) is 32.6 Å². The maximum Gasteiger partial charge on any atom is 0.252 e. The molecular weight excluding hydrogens is 208 g/mol. The van der Waals surface area contributed by atoms with E-state index in [-0.39, 0.29) is 6.61 Å². The Bertz CT molecular complexity index is 317. The first kappa shape index (κ1) is 12.7. The number of imide groups is 1. The van der Waals surface area contributed by atoms with Gasteiger partial charge in [-0.05, 0) is 12.8 Å². The van der Waals surface area contributed by atoms with Crippen molar-refractivity contribution in [1.29, 1.82) is 0 Å². The van der Waals surface area contributed by atoms with E-state index in [9.17, 15) is 14.7 Å². The first-order valence-electron chi connectivity index (χ1n) is 5.40. The van der Waals surface area contributed by atoms with Crippen LogP contribution >= 0.6 is 0 Å². The maximum absolute atomic E-state index is 11.3. The topological polar surface area (TPSA) is 92.4 Å². The van der Waals surface area contributed by atoms with Gasteiger partial charge in [-0.2, -0.15) is 0 Å². The number of rotatable bonds is 3. The van der Waals surface area contributed by atoms with Gasteiger partial charge in [0.05, 0.1) is 6.61 Å². The average Bonchev–Trinajstić information content (AvgIpc) is 2.65. The zero-order valence-corrected chi connectivity index (χ0v) is 9.45. The smallest absolute Gasteiger partial charge is 0.252 e. The van der Waals surface area contributed by atoms with Gasteiger partial charge in [-0.3, -0.25) is 14.9 Å². The molecule has 5 heteroatoms. The Morgan fingerprint density at radius 2 is 2.00 bits per heavy atom. The van der Waals surface area contributed by atoms with Gasteiger partial charge in [-0.1, -0.05) is 12.8 Å². The summed E-state index contributed by atoms with van der Waals surface area (Å²) >= 11 is 0. The molecule has 0 aromatic rings. The van der Waals surface area contributed by atoms with Crippen LogP contribution in [0.25, 0.3) is 0 Å². The zero-order valence-electron chi connectivity index (χ0n) is 9.45. The molecule has 1 aliphatic rings. The van der Waals surface area contributed by atoms with Crippen LogP contribution < -0.4 is 11.1 Å². The highest BCUT2D eigenvalue weighted by atomic mass is 16.3. The fraction of sp³-hybridized carbons (Fsp3) is 0.636. The lowest BCUT2D eigenvalue weighted by Gasteiger charge is -2.26. The lowest BCUT2D eigenvalue weighted by atomic mass is 9.83. The molecule has 0 radical (unpaired) electrons. The molecule has 1 fully saturated rings. The van der Waals surface area contributed by atoms with Gasteiger partial charge in [0.2, 0.25) is 5.91 Å². The molecule has 5 nitrogen and oxygen atoms in total. The van der Waals surface area contributed by atoms with E-state index in [4.69, 9.17) is 5.73 Å². The third-order valence-corrected chi connectivity index (χ3v) is 3.06. The van der Waals surface area contributed by atoms with E-state index < -0.39 is 17.2 Å². The Morgan fingerprint density at radius 1 is 1.44 bits per heavy atom. The van der Waals surface area contributed by atoms with Crippen molar-refractivity contribution in [2.75, 3.05) is 6.61 Å². The lowest BCUT2D eigenvalue weighted by molar-refractivity contribution is -0.126. The van der Waals surface area contributed by atoms with Crippen LogP contribution in [0.2, 0.25) is 0 Å². The number of carbonyl (C=O) groups is 2. The number of aliphatic hydroxyl groups is 1. The molecule has 4 N–H and O–H groups in total. The van der Waals surface area contributed by atoms with Crippen LogP contribution in [0.1, 0.15) is 32.6 Å². The second-order valence-corrected chi connectivity index (χ2v) is 4.29. The minimum atomic E-state index is -0.523. The average molecular weight is 226 g/mol. The van der Waals surface area contributed by atoms with Gasteiger partial charge in [-0.15, -0.1) is 0 Å². The number of hydrogen-bond donors (Lipinski definition) is 3. The molecule has 0 aliphatic heterocycles. The van der Waals surface area contributed by atoms with Crippen LogP contribution in [0.5, 0.6) is 0 Å². The van der Waals surface area contributed by atoms with Crippen LogP contribution in [0.4, 0.5) is 0 Å². The third-order valence-electron chi connectivity index (χ3n) is 3.06. The number of nitrogens with one attached hydrogen (secondary N) is 1. The van der Waals surface area contributed by atoms with Crippen LogP contribution in [0.3, 0.4) is 0 Å². The Labute approximate surface area is 94.7 Å². The minimum absolute atomic E-state index is 0.0529. The maximum atomic E-state index is 11.3. The Balaban J connectivity index is 2.74. The molecule has 0 spiro atoms. The first-order valence-corrected chi connectivity index (χ1v) is 5.40. The summed E-state index contributed by atoms with van der Waals surface area (Å²) in [7, 11) is 0. The Morgan fingerprint density at radius 3 is 2.44 bits per heavy atom. The Hall–Kier alpha value is -1.36. The van der Waals surface area contributed by atoms with Crippen LogP contribution in [0, 0.1) is 5.41 Å². The molecule has 0 saturated heterocycles. The molecule has 0 bridgehead atoms. The summed E-state index contributed by atoms with van der Waals surface area (Å²) < 4.78 is 0. The summed E-state index contributed by atoms with van der Waals surface area (Å²) in [5.74, 6) is -0.941. The van der Waals surface area contributed by atoms with E-state index in [1.54, 1.807) is 0 Å². The summed E-state index contributed by atoms with van der Waals surface area (Å²) in [4.78, 5) is 22.0.